The number of hydrogen-bond acceptors (Lipinski definition) is 2. The zero-order chi connectivity index (χ0) is 12.5. The molecule has 8 heteroatoms. The van der Waals surface area contributed by atoms with Crippen LogP contribution in [0.15, 0.2) is 12.1 Å². The van der Waals surface area contributed by atoms with Gasteiger partial charge in [0.25, 0.3) is 0 Å². The number of benzene rings is 1. The zero-order valence-corrected chi connectivity index (χ0v) is 10.7. The van der Waals surface area contributed by atoms with Gasteiger partial charge in [0.1, 0.15) is 0 Å². The maximum atomic E-state index is 12.4. The highest BCUT2D eigenvalue weighted by Gasteiger charge is 2.32. The molecule has 1 unspecified atom stereocenters. The summed E-state index contributed by atoms with van der Waals surface area (Å²) >= 11 is 11.4. The summed E-state index contributed by atoms with van der Waals surface area (Å²) in [6.45, 7) is 0.0464. The fraction of sp³-hybridized carbons (Fsp3) is 0.333. The lowest BCUT2D eigenvalue weighted by molar-refractivity contribution is -0.137. The second-order valence-corrected chi connectivity index (χ2v) is 4.01. The van der Waals surface area contributed by atoms with Crippen molar-refractivity contribution in [3.05, 3.63) is 33.3 Å². The van der Waals surface area contributed by atoms with Crippen LogP contribution in [0.25, 0.3) is 0 Å². The van der Waals surface area contributed by atoms with E-state index in [-0.39, 0.29) is 34.6 Å². The third kappa shape index (κ3) is 3.89. The molecule has 1 aromatic carbocycles. The summed E-state index contributed by atoms with van der Waals surface area (Å²) < 4.78 is 37.2. The molecule has 0 aliphatic heterocycles. The standard InChI is InChI=1S/C9H9Cl2F3N2.ClH/c10-5-1-4(9(12,13)14)2-6(11)8(5)7(16)3-15;/h1-2,7H,3,15-16H2;1H. The van der Waals surface area contributed by atoms with Gasteiger partial charge in [0, 0.05) is 28.2 Å². The van der Waals surface area contributed by atoms with E-state index >= 15 is 0 Å². The fourth-order valence-electron chi connectivity index (χ4n) is 1.22. The summed E-state index contributed by atoms with van der Waals surface area (Å²) in [6.07, 6.45) is -4.49. The Morgan fingerprint density at radius 1 is 1.18 bits per heavy atom. The highest BCUT2D eigenvalue weighted by molar-refractivity contribution is 6.36. The van der Waals surface area contributed by atoms with Crippen molar-refractivity contribution in [2.75, 3.05) is 6.54 Å². The number of halogens is 6. The molecule has 98 valence electrons. The quantitative estimate of drug-likeness (QED) is 0.880. The normalized spacial score (nSPS) is 13.1. The monoisotopic (exact) mass is 308 g/mol. The molecule has 0 saturated heterocycles. The SMILES string of the molecule is Cl.NCC(N)c1c(Cl)cc(C(F)(F)F)cc1Cl. The van der Waals surface area contributed by atoms with Crippen LogP contribution in [-0.4, -0.2) is 6.54 Å². The smallest absolute Gasteiger partial charge is 0.329 e. The van der Waals surface area contributed by atoms with Gasteiger partial charge in [-0.05, 0) is 12.1 Å². The number of rotatable bonds is 2. The Hall–Kier alpha value is -0.200. The van der Waals surface area contributed by atoms with Crippen LogP contribution in [0.1, 0.15) is 17.2 Å². The molecule has 2 nitrogen and oxygen atoms in total. The highest BCUT2D eigenvalue weighted by Crippen LogP contribution is 2.37. The lowest BCUT2D eigenvalue weighted by Gasteiger charge is -2.16. The van der Waals surface area contributed by atoms with E-state index in [1.807, 2.05) is 0 Å². The minimum Gasteiger partial charge on any atom is -0.329 e. The van der Waals surface area contributed by atoms with E-state index in [4.69, 9.17) is 34.7 Å². The predicted molar refractivity (Wildman–Crippen MR) is 64.7 cm³/mol. The third-order valence-corrected chi connectivity index (χ3v) is 2.66. The van der Waals surface area contributed by atoms with Crippen LogP contribution in [0.5, 0.6) is 0 Å². The van der Waals surface area contributed by atoms with E-state index in [1.54, 1.807) is 0 Å². The summed E-state index contributed by atoms with van der Waals surface area (Å²) in [5.74, 6) is 0. The van der Waals surface area contributed by atoms with Crippen molar-refractivity contribution in [1.29, 1.82) is 0 Å². The molecule has 0 aliphatic carbocycles. The molecule has 0 aromatic heterocycles. The summed E-state index contributed by atoms with van der Waals surface area (Å²) in [5.41, 5.74) is 10.2. The zero-order valence-electron chi connectivity index (χ0n) is 8.39. The van der Waals surface area contributed by atoms with E-state index in [0.29, 0.717) is 0 Å². The molecule has 0 heterocycles. The maximum Gasteiger partial charge on any atom is 0.416 e. The summed E-state index contributed by atoms with van der Waals surface area (Å²) in [6, 6.07) is 0.901. The van der Waals surface area contributed by atoms with Gasteiger partial charge in [-0.2, -0.15) is 13.2 Å². The third-order valence-electron chi connectivity index (χ3n) is 2.03. The lowest BCUT2D eigenvalue weighted by atomic mass is 10.0. The molecular formula is C9H10Cl3F3N2. The van der Waals surface area contributed by atoms with Crippen molar-refractivity contribution in [1.82, 2.24) is 0 Å². The largest absolute Gasteiger partial charge is 0.416 e. The van der Waals surface area contributed by atoms with Crippen LogP contribution in [0.3, 0.4) is 0 Å². The fourth-order valence-corrected chi connectivity index (χ4v) is 1.99. The van der Waals surface area contributed by atoms with Gasteiger partial charge in [-0.1, -0.05) is 23.2 Å². The molecule has 0 fully saturated rings. The van der Waals surface area contributed by atoms with Crippen molar-refractivity contribution in [2.24, 2.45) is 11.5 Å². The minimum atomic E-state index is -4.49. The van der Waals surface area contributed by atoms with E-state index in [9.17, 15) is 13.2 Å². The molecule has 0 amide bonds. The Kier molecular flexibility index (Phi) is 6.04. The first kappa shape index (κ1) is 16.8. The Labute approximate surface area is 112 Å². The molecule has 0 radical (unpaired) electrons. The number of alkyl halides is 3. The van der Waals surface area contributed by atoms with Gasteiger partial charge in [0.2, 0.25) is 0 Å². The van der Waals surface area contributed by atoms with Gasteiger partial charge in [0.05, 0.1) is 5.56 Å². The minimum absolute atomic E-state index is 0. The van der Waals surface area contributed by atoms with Crippen molar-refractivity contribution in [2.45, 2.75) is 12.2 Å². The van der Waals surface area contributed by atoms with Gasteiger partial charge in [0.15, 0.2) is 0 Å². The van der Waals surface area contributed by atoms with Gasteiger partial charge in [-0.15, -0.1) is 12.4 Å². The maximum absolute atomic E-state index is 12.4. The Morgan fingerprint density at radius 2 is 1.59 bits per heavy atom. The van der Waals surface area contributed by atoms with Crippen LogP contribution in [-0.2, 0) is 6.18 Å². The number of nitrogens with two attached hydrogens (primary N) is 2. The van der Waals surface area contributed by atoms with Crippen molar-refractivity contribution in [3.63, 3.8) is 0 Å². The van der Waals surface area contributed by atoms with Gasteiger partial charge < -0.3 is 11.5 Å². The summed E-state index contributed by atoms with van der Waals surface area (Å²) in [7, 11) is 0. The molecule has 1 aromatic rings. The molecule has 0 saturated carbocycles. The Morgan fingerprint density at radius 3 is 1.88 bits per heavy atom. The molecule has 17 heavy (non-hydrogen) atoms. The first-order valence-electron chi connectivity index (χ1n) is 4.29. The average Bonchev–Trinajstić information content (AvgIpc) is 2.14. The van der Waals surface area contributed by atoms with Crippen LogP contribution < -0.4 is 11.5 Å². The van der Waals surface area contributed by atoms with E-state index < -0.39 is 17.8 Å². The molecule has 0 bridgehead atoms. The van der Waals surface area contributed by atoms with Crippen molar-refractivity contribution in [3.8, 4) is 0 Å². The van der Waals surface area contributed by atoms with Crippen LogP contribution in [0, 0.1) is 0 Å². The van der Waals surface area contributed by atoms with E-state index in [0.717, 1.165) is 12.1 Å². The predicted octanol–water partition coefficient (Wildman–Crippen LogP) is 3.39. The molecule has 1 rings (SSSR count). The molecule has 4 N–H and O–H groups in total. The van der Waals surface area contributed by atoms with Crippen LogP contribution in [0.2, 0.25) is 10.0 Å². The van der Waals surface area contributed by atoms with E-state index in [1.165, 1.54) is 0 Å². The van der Waals surface area contributed by atoms with Crippen molar-refractivity contribution >= 4 is 35.6 Å². The topological polar surface area (TPSA) is 52.0 Å². The first-order valence-corrected chi connectivity index (χ1v) is 5.04. The summed E-state index contributed by atoms with van der Waals surface area (Å²) in [5, 5.41) is -0.254. The molecular weight excluding hydrogens is 299 g/mol. The second-order valence-electron chi connectivity index (χ2n) is 3.19. The Bertz CT molecular complexity index is 373. The lowest BCUT2D eigenvalue weighted by Crippen LogP contribution is -2.22. The van der Waals surface area contributed by atoms with E-state index in [2.05, 4.69) is 0 Å². The van der Waals surface area contributed by atoms with Gasteiger partial charge in [-0.3, -0.25) is 0 Å². The van der Waals surface area contributed by atoms with Crippen LogP contribution in [0.4, 0.5) is 13.2 Å². The second kappa shape index (κ2) is 6.11. The average molecular weight is 310 g/mol. The molecule has 0 spiro atoms. The molecule has 0 aliphatic rings. The first-order chi connectivity index (χ1) is 7.27. The van der Waals surface area contributed by atoms with Crippen LogP contribution >= 0.6 is 35.6 Å². The highest BCUT2D eigenvalue weighted by atomic mass is 35.5. The number of hydrogen-bond donors (Lipinski definition) is 2. The van der Waals surface area contributed by atoms with Gasteiger partial charge >= 0.3 is 6.18 Å². The summed E-state index contributed by atoms with van der Waals surface area (Å²) in [4.78, 5) is 0. The van der Waals surface area contributed by atoms with Gasteiger partial charge in [-0.25, -0.2) is 0 Å². The Balaban J connectivity index is 0.00000256. The molecule has 1 atom stereocenters. The van der Waals surface area contributed by atoms with Crippen molar-refractivity contribution < 1.29 is 13.2 Å².